The van der Waals surface area contributed by atoms with Gasteiger partial charge in [0.15, 0.2) is 5.69 Å². The van der Waals surface area contributed by atoms with Crippen LogP contribution in [0, 0.1) is 0 Å². The van der Waals surface area contributed by atoms with Gasteiger partial charge in [0.05, 0.1) is 12.2 Å². The van der Waals surface area contributed by atoms with Gasteiger partial charge in [0.2, 0.25) is 5.91 Å². The van der Waals surface area contributed by atoms with Gasteiger partial charge in [-0.2, -0.15) is 18.3 Å². The first-order valence-corrected chi connectivity index (χ1v) is 6.97. The van der Waals surface area contributed by atoms with Gasteiger partial charge in [0, 0.05) is 11.9 Å². The normalized spacial score (nSPS) is 11.2. The third kappa shape index (κ3) is 4.58. The summed E-state index contributed by atoms with van der Waals surface area (Å²) in [5, 5.41) is 5.79. The first kappa shape index (κ1) is 17.5. The molecule has 1 N–H and O–H groups in total. The molecule has 6 nitrogen and oxygen atoms in total. The number of nitrogens with one attached hydrogen (secondary N) is 1. The molecule has 0 saturated heterocycles. The Bertz CT molecular complexity index is 724. The maximum absolute atomic E-state index is 12.4. The molecule has 2 aromatic rings. The molecule has 0 bridgehead atoms. The number of benzene rings is 1. The average molecular weight is 341 g/mol. The second-order valence-electron chi connectivity index (χ2n) is 4.74. The summed E-state index contributed by atoms with van der Waals surface area (Å²) < 4.78 is 43.0. The van der Waals surface area contributed by atoms with E-state index in [1.165, 1.54) is 24.3 Å². The Morgan fingerprint density at radius 3 is 2.42 bits per heavy atom. The Labute approximate surface area is 135 Å². The summed E-state index contributed by atoms with van der Waals surface area (Å²) >= 11 is 0. The van der Waals surface area contributed by atoms with Crippen molar-refractivity contribution in [2.75, 3.05) is 11.9 Å². The minimum atomic E-state index is -4.55. The largest absolute Gasteiger partial charge is 0.462 e. The SMILES string of the molecule is CCOC(=O)c1ccc(NC(=O)Cn2ccc(C(F)(F)F)n2)cc1. The number of hydrogen-bond acceptors (Lipinski definition) is 4. The summed E-state index contributed by atoms with van der Waals surface area (Å²) in [5.74, 6) is -1.03. The standard InChI is InChI=1S/C15H14F3N3O3/c1-2-24-14(23)10-3-5-11(6-4-10)19-13(22)9-21-8-7-12(20-21)15(16,17)18/h3-8H,2,9H2,1H3,(H,19,22). The summed E-state index contributed by atoms with van der Waals surface area (Å²) in [5.41, 5.74) is -0.331. The molecule has 0 saturated carbocycles. The third-order valence-electron chi connectivity index (χ3n) is 2.92. The molecule has 2 rings (SSSR count). The fourth-order valence-corrected chi connectivity index (χ4v) is 1.85. The van der Waals surface area contributed by atoms with Crippen molar-refractivity contribution >= 4 is 17.6 Å². The summed E-state index contributed by atoms with van der Waals surface area (Å²) in [7, 11) is 0. The van der Waals surface area contributed by atoms with E-state index in [0.717, 1.165) is 16.9 Å². The molecule has 0 radical (unpaired) electrons. The van der Waals surface area contributed by atoms with Gasteiger partial charge in [-0.15, -0.1) is 0 Å². The molecule has 1 heterocycles. The molecular formula is C15H14F3N3O3. The van der Waals surface area contributed by atoms with E-state index in [9.17, 15) is 22.8 Å². The number of nitrogens with zero attached hydrogens (tertiary/aromatic N) is 2. The van der Waals surface area contributed by atoms with Crippen LogP contribution in [0.5, 0.6) is 0 Å². The highest BCUT2D eigenvalue weighted by molar-refractivity contribution is 5.92. The molecular weight excluding hydrogens is 327 g/mol. The van der Waals surface area contributed by atoms with Crippen LogP contribution >= 0.6 is 0 Å². The molecule has 0 fully saturated rings. The predicted molar refractivity (Wildman–Crippen MR) is 78.3 cm³/mol. The summed E-state index contributed by atoms with van der Waals surface area (Å²) in [4.78, 5) is 23.3. The Kier molecular flexibility index (Phi) is 5.22. The van der Waals surface area contributed by atoms with E-state index < -0.39 is 23.7 Å². The van der Waals surface area contributed by atoms with Crippen LogP contribution < -0.4 is 5.32 Å². The number of halogens is 3. The number of esters is 1. The smallest absolute Gasteiger partial charge is 0.435 e. The zero-order chi connectivity index (χ0) is 17.7. The van der Waals surface area contributed by atoms with E-state index in [-0.39, 0.29) is 13.2 Å². The van der Waals surface area contributed by atoms with Crippen molar-refractivity contribution in [1.82, 2.24) is 9.78 Å². The van der Waals surface area contributed by atoms with Crippen molar-refractivity contribution in [3.8, 4) is 0 Å². The third-order valence-corrected chi connectivity index (χ3v) is 2.92. The Hall–Kier alpha value is -2.84. The number of ether oxygens (including phenoxy) is 1. The fraction of sp³-hybridized carbons (Fsp3) is 0.267. The molecule has 1 amide bonds. The Morgan fingerprint density at radius 2 is 1.88 bits per heavy atom. The Balaban J connectivity index is 1.95. The number of alkyl halides is 3. The van der Waals surface area contributed by atoms with Gasteiger partial charge in [-0.1, -0.05) is 0 Å². The van der Waals surface area contributed by atoms with E-state index in [1.807, 2.05) is 0 Å². The van der Waals surface area contributed by atoms with E-state index >= 15 is 0 Å². The Morgan fingerprint density at radius 1 is 1.21 bits per heavy atom. The summed E-state index contributed by atoms with van der Waals surface area (Å²) in [6, 6.07) is 6.73. The van der Waals surface area contributed by atoms with Crippen molar-refractivity contribution in [3.63, 3.8) is 0 Å². The van der Waals surface area contributed by atoms with Crippen LogP contribution in [0.3, 0.4) is 0 Å². The molecule has 1 aromatic carbocycles. The minimum Gasteiger partial charge on any atom is -0.462 e. The van der Waals surface area contributed by atoms with Gasteiger partial charge in [-0.05, 0) is 37.3 Å². The van der Waals surface area contributed by atoms with Gasteiger partial charge >= 0.3 is 12.1 Å². The van der Waals surface area contributed by atoms with Crippen molar-refractivity contribution in [2.45, 2.75) is 19.6 Å². The van der Waals surface area contributed by atoms with Crippen LogP contribution in [0.25, 0.3) is 0 Å². The van der Waals surface area contributed by atoms with E-state index in [0.29, 0.717) is 11.3 Å². The van der Waals surface area contributed by atoms with Gasteiger partial charge in [0.1, 0.15) is 6.54 Å². The maximum atomic E-state index is 12.4. The molecule has 0 unspecified atom stereocenters. The highest BCUT2D eigenvalue weighted by Gasteiger charge is 2.33. The first-order chi connectivity index (χ1) is 11.3. The lowest BCUT2D eigenvalue weighted by atomic mass is 10.2. The zero-order valence-corrected chi connectivity index (χ0v) is 12.6. The fourth-order valence-electron chi connectivity index (χ4n) is 1.85. The molecule has 0 aliphatic rings. The molecule has 128 valence electrons. The van der Waals surface area contributed by atoms with E-state index in [2.05, 4.69) is 10.4 Å². The number of carbonyl (C=O) groups is 2. The van der Waals surface area contributed by atoms with Gasteiger partial charge < -0.3 is 10.1 Å². The monoisotopic (exact) mass is 341 g/mol. The molecule has 0 aliphatic heterocycles. The van der Waals surface area contributed by atoms with Crippen LogP contribution in [0.1, 0.15) is 23.0 Å². The van der Waals surface area contributed by atoms with Crippen LogP contribution in [-0.2, 0) is 22.3 Å². The molecule has 0 atom stereocenters. The predicted octanol–water partition coefficient (Wildman–Crippen LogP) is 2.72. The van der Waals surface area contributed by atoms with Crippen LogP contribution in [0.2, 0.25) is 0 Å². The van der Waals surface area contributed by atoms with Crippen LogP contribution in [0.4, 0.5) is 18.9 Å². The van der Waals surface area contributed by atoms with E-state index in [1.54, 1.807) is 6.92 Å². The number of carbonyl (C=O) groups excluding carboxylic acids is 2. The van der Waals surface area contributed by atoms with Crippen molar-refractivity contribution in [1.29, 1.82) is 0 Å². The summed E-state index contributed by atoms with van der Waals surface area (Å²) in [6.07, 6.45) is -3.48. The van der Waals surface area contributed by atoms with Gasteiger partial charge in [0.25, 0.3) is 0 Å². The van der Waals surface area contributed by atoms with Crippen LogP contribution in [-0.4, -0.2) is 28.3 Å². The second-order valence-corrected chi connectivity index (χ2v) is 4.74. The van der Waals surface area contributed by atoms with Gasteiger partial charge in [-0.3, -0.25) is 9.48 Å². The lowest BCUT2D eigenvalue weighted by molar-refractivity contribution is -0.141. The molecule has 24 heavy (non-hydrogen) atoms. The highest BCUT2D eigenvalue weighted by atomic mass is 19.4. The topological polar surface area (TPSA) is 73.2 Å². The lowest BCUT2D eigenvalue weighted by Gasteiger charge is -2.07. The quantitative estimate of drug-likeness (QED) is 0.849. The minimum absolute atomic E-state index is 0.251. The average Bonchev–Trinajstić information content (AvgIpc) is 2.96. The van der Waals surface area contributed by atoms with Crippen molar-refractivity contribution in [2.24, 2.45) is 0 Å². The first-order valence-electron chi connectivity index (χ1n) is 6.97. The van der Waals surface area contributed by atoms with Gasteiger partial charge in [-0.25, -0.2) is 4.79 Å². The molecule has 9 heteroatoms. The van der Waals surface area contributed by atoms with Crippen molar-refractivity contribution < 1.29 is 27.5 Å². The van der Waals surface area contributed by atoms with E-state index in [4.69, 9.17) is 4.74 Å². The number of aromatic nitrogens is 2. The zero-order valence-electron chi connectivity index (χ0n) is 12.6. The number of amides is 1. The second kappa shape index (κ2) is 7.16. The number of anilines is 1. The maximum Gasteiger partial charge on any atom is 0.435 e. The number of rotatable bonds is 5. The van der Waals surface area contributed by atoms with Crippen LogP contribution in [0.15, 0.2) is 36.5 Å². The highest BCUT2D eigenvalue weighted by Crippen LogP contribution is 2.27. The molecule has 0 spiro atoms. The summed E-state index contributed by atoms with van der Waals surface area (Å²) in [6.45, 7) is 1.57. The lowest BCUT2D eigenvalue weighted by Crippen LogP contribution is -2.19. The molecule has 0 aliphatic carbocycles. The van der Waals surface area contributed by atoms with Crippen molar-refractivity contribution in [3.05, 3.63) is 47.8 Å². The molecule has 1 aromatic heterocycles. The number of hydrogen-bond donors (Lipinski definition) is 1.